The fourth-order valence-corrected chi connectivity index (χ4v) is 5.33. The van der Waals surface area contributed by atoms with Crippen molar-refractivity contribution in [1.82, 2.24) is 10.2 Å². The summed E-state index contributed by atoms with van der Waals surface area (Å²) in [5.41, 5.74) is 2.98. The molecule has 3 aromatic rings. The molecule has 0 aliphatic carbocycles. The van der Waals surface area contributed by atoms with E-state index in [2.05, 4.69) is 5.32 Å². The summed E-state index contributed by atoms with van der Waals surface area (Å²) in [6, 6.07) is 21.9. The molecule has 35 heavy (non-hydrogen) atoms. The molecular weight excluding hydrogens is 462 g/mol. The third-order valence-corrected chi connectivity index (χ3v) is 7.50. The number of benzene rings is 3. The maximum absolute atomic E-state index is 13.7. The Kier molecular flexibility index (Phi) is 8.30. The molecule has 0 fully saturated rings. The Labute approximate surface area is 207 Å². The first-order chi connectivity index (χ1) is 16.6. The van der Waals surface area contributed by atoms with Crippen LogP contribution < -0.4 is 9.62 Å². The normalized spacial score (nSPS) is 12.0. The van der Waals surface area contributed by atoms with Crippen molar-refractivity contribution in [3.05, 3.63) is 95.6 Å². The predicted molar refractivity (Wildman–Crippen MR) is 137 cm³/mol. The van der Waals surface area contributed by atoms with Gasteiger partial charge in [-0.25, -0.2) is 8.42 Å². The van der Waals surface area contributed by atoms with Gasteiger partial charge in [-0.15, -0.1) is 0 Å². The Bertz CT molecular complexity index is 1260. The summed E-state index contributed by atoms with van der Waals surface area (Å²) in [6.07, 6.45) is 0. The van der Waals surface area contributed by atoms with Crippen LogP contribution in [0.2, 0.25) is 0 Å². The topological polar surface area (TPSA) is 86.8 Å². The molecule has 0 unspecified atom stereocenters. The number of hydrogen-bond donors (Lipinski definition) is 1. The van der Waals surface area contributed by atoms with Gasteiger partial charge in [-0.05, 0) is 61.7 Å². The average Bonchev–Trinajstić information content (AvgIpc) is 2.85. The minimum atomic E-state index is -4.06. The Morgan fingerprint density at radius 1 is 0.886 bits per heavy atom. The molecule has 0 saturated heterocycles. The molecule has 2 amide bonds. The van der Waals surface area contributed by atoms with Gasteiger partial charge in [-0.1, -0.05) is 54.6 Å². The summed E-state index contributed by atoms with van der Waals surface area (Å²) < 4.78 is 28.5. The van der Waals surface area contributed by atoms with Crippen LogP contribution in [0.5, 0.6) is 0 Å². The van der Waals surface area contributed by atoms with Crippen molar-refractivity contribution in [2.45, 2.75) is 38.3 Å². The molecular formula is C27H31N3O4S. The second kappa shape index (κ2) is 11.2. The third-order valence-electron chi connectivity index (χ3n) is 5.71. The number of aryl methyl sites for hydroxylation is 2. The zero-order chi connectivity index (χ0) is 25.6. The number of carbonyl (C=O) groups excluding carboxylic acids is 2. The number of carbonyl (C=O) groups is 2. The van der Waals surface area contributed by atoms with Crippen molar-refractivity contribution < 1.29 is 18.0 Å². The van der Waals surface area contributed by atoms with Gasteiger partial charge in [0.15, 0.2) is 0 Å². The van der Waals surface area contributed by atoms with Crippen molar-refractivity contribution in [2.75, 3.05) is 17.9 Å². The number of likely N-dealkylation sites (N-methyl/N-ethyl adjacent to an activating group) is 1. The van der Waals surface area contributed by atoms with Gasteiger partial charge in [-0.2, -0.15) is 0 Å². The number of hydrogen-bond acceptors (Lipinski definition) is 4. The summed E-state index contributed by atoms with van der Waals surface area (Å²) in [7, 11) is -2.55. The average molecular weight is 494 g/mol. The highest BCUT2D eigenvalue weighted by molar-refractivity contribution is 7.92. The van der Waals surface area contributed by atoms with E-state index < -0.39 is 28.5 Å². The molecule has 3 rings (SSSR count). The fraction of sp³-hybridized carbons (Fsp3) is 0.259. The second-order valence-corrected chi connectivity index (χ2v) is 10.3. The van der Waals surface area contributed by atoms with Crippen molar-refractivity contribution in [3.63, 3.8) is 0 Å². The zero-order valence-corrected chi connectivity index (χ0v) is 21.2. The van der Waals surface area contributed by atoms with E-state index in [0.717, 1.165) is 21.0 Å². The molecule has 184 valence electrons. The smallest absolute Gasteiger partial charge is 0.264 e. The zero-order valence-electron chi connectivity index (χ0n) is 20.4. The number of nitrogens with one attached hydrogen (secondary N) is 1. The van der Waals surface area contributed by atoms with Crippen LogP contribution in [0.3, 0.4) is 0 Å². The van der Waals surface area contributed by atoms with Gasteiger partial charge < -0.3 is 10.2 Å². The summed E-state index contributed by atoms with van der Waals surface area (Å²) in [4.78, 5) is 27.6. The van der Waals surface area contributed by atoms with E-state index in [1.54, 1.807) is 37.3 Å². The molecule has 1 atom stereocenters. The largest absolute Gasteiger partial charge is 0.357 e. The molecule has 0 heterocycles. The molecule has 0 saturated carbocycles. The Balaban J connectivity index is 2.05. The van der Waals surface area contributed by atoms with Crippen LogP contribution in [0.4, 0.5) is 5.69 Å². The van der Waals surface area contributed by atoms with Gasteiger partial charge in [0.05, 0.1) is 10.6 Å². The monoisotopic (exact) mass is 493 g/mol. The minimum Gasteiger partial charge on any atom is -0.357 e. The molecule has 0 aromatic heterocycles. The highest BCUT2D eigenvalue weighted by Crippen LogP contribution is 2.26. The summed E-state index contributed by atoms with van der Waals surface area (Å²) in [5.74, 6) is -0.818. The first-order valence-corrected chi connectivity index (χ1v) is 12.8. The first kappa shape index (κ1) is 26.0. The van der Waals surface area contributed by atoms with Gasteiger partial charge in [0.25, 0.3) is 10.0 Å². The lowest BCUT2D eigenvalue weighted by atomic mass is 10.1. The van der Waals surface area contributed by atoms with Gasteiger partial charge >= 0.3 is 0 Å². The highest BCUT2D eigenvalue weighted by atomic mass is 32.2. The first-order valence-electron chi connectivity index (χ1n) is 11.3. The second-order valence-electron chi connectivity index (χ2n) is 8.47. The lowest BCUT2D eigenvalue weighted by molar-refractivity contribution is -0.139. The molecule has 0 spiro atoms. The fourth-order valence-electron chi connectivity index (χ4n) is 3.91. The molecule has 3 aromatic carbocycles. The molecule has 7 nitrogen and oxygen atoms in total. The van der Waals surface area contributed by atoms with Crippen LogP contribution >= 0.6 is 0 Å². The van der Waals surface area contributed by atoms with E-state index >= 15 is 0 Å². The lowest BCUT2D eigenvalue weighted by Crippen LogP contribution is -2.50. The number of rotatable bonds is 9. The summed E-state index contributed by atoms with van der Waals surface area (Å²) >= 11 is 0. The number of amides is 2. The Hall–Kier alpha value is -3.65. The van der Waals surface area contributed by atoms with E-state index in [1.165, 1.54) is 24.1 Å². The predicted octanol–water partition coefficient (Wildman–Crippen LogP) is 3.66. The van der Waals surface area contributed by atoms with Crippen LogP contribution in [-0.2, 0) is 26.2 Å². The van der Waals surface area contributed by atoms with E-state index in [1.807, 2.05) is 50.2 Å². The van der Waals surface area contributed by atoms with Crippen molar-refractivity contribution in [2.24, 2.45) is 0 Å². The lowest BCUT2D eigenvalue weighted by Gasteiger charge is -2.32. The van der Waals surface area contributed by atoms with E-state index in [0.29, 0.717) is 5.69 Å². The van der Waals surface area contributed by atoms with E-state index in [4.69, 9.17) is 0 Å². The van der Waals surface area contributed by atoms with Gasteiger partial charge in [-0.3, -0.25) is 13.9 Å². The van der Waals surface area contributed by atoms with Gasteiger partial charge in [0.2, 0.25) is 11.8 Å². The third kappa shape index (κ3) is 6.27. The SMILES string of the molecule is CNC(=O)[C@H](C)N(Cc1ccccc1)C(=O)CN(c1cc(C)cc(C)c1)S(=O)(=O)c1ccccc1. The maximum atomic E-state index is 13.7. The number of nitrogens with zero attached hydrogens (tertiary/aromatic N) is 2. The number of anilines is 1. The van der Waals surface area contributed by atoms with Crippen LogP contribution in [0.1, 0.15) is 23.6 Å². The van der Waals surface area contributed by atoms with Crippen molar-refractivity contribution in [3.8, 4) is 0 Å². The number of sulfonamides is 1. The Morgan fingerprint density at radius 2 is 1.43 bits per heavy atom. The molecule has 8 heteroatoms. The van der Waals surface area contributed by atoms with Gasteiger partial charge in [0, 0.05) is 13.6 Å². The highest BCUT2D eigenvalue weighted by Gasteiger charge is 2.32. The molecule has 0 radical (unpaired) electrons. The summed E-state index contributed by atoms with van der Waals surface area (Å²) in [5, 5.41) is 2.58. The Morgan fingerprint density at radius 3 is 1.97 bits per heavy atom. The maximum Gasteiger partial charge on any atom is 0.264 e. The molecule has 0 bridgehead atoms. The molecule has 1 N–H and O–H groups in total. The van der Waals surface area contributed by atoms with E-state index in [9.17, 15) is 18.0 Å². The van der Waals surface area contributed by atoms with Crippen LogP contribution in [0, 0.1) is 13.8 Å². The quantitative estimate of drug-likeness (QED) is 0.493. The van der Waals surface area contributed by atoms with E-state index in [-0.39, 0.29) is 17.3 Å². The minimum absolute atomic E-state index is 0.0842. The van der Waals surface area contributed by atoms with Gasteiger partial charge in [0.1, 0.15) is 12.6 Å². The standard InChI is InChI=1S/C27H31N3O4S/c1-20-15-21(2)17-24(16-20)30(35(33,34)25-13-9-6-10-14-25)19-26(31)29(22(3)27(32)28-4)18-23-11-7-5-8-12-23/h5-17,22H,18-19H2,1-4H3,(H,28,32)/t22-/m0/s1. The van der Waals surface area contributed by atoms with Crippen LogP contribution in [0.15, 0.2) is 83.8 Å². The summed E-state index contributed by atoms with van der Waals surface area (Å²) in [6.45, 7) is 5.10. The molecule has 0 aliphatic rings. The van der Waals surface area contributed by atoms with Crippen molar-refractivity contribution >= 4 is 27.5 Å². The van der Waals surface area contributed by atoms with Crippen molar-refractivity contribution in [1.29, 1.82) is 0 Å². The van der Waals surface area contributed by atoms with Crippen LogP contribution in [0.25, 0.3) is 0 Å². The molecule has 0 aliphatic heterocycles. The van der Waals surface area contributed by atoms with Crippen LogP contribution in [-0.4, -0.2) is 44.8 Å².